The summed E-state index contributed by atoms with van der Waals surface area (Å²) in [6.07, 6.45) is 6.72. The molecular weight excluding hydrogens is 464 g/mol. The third kappa shape index (κ3) is 5.70. The van der Waals surface area contributed by atoms with Crippen LogP contribution >= 0.6 is 0 Å². The zero-order valence-electron chi connectivity index (χ0n) is 20.3. The second-order valence-corrected chi connectivity index (χ2v) is 11.1. The molecule has 0 unspecified atom stereocenters. The van der Waals surface area contributed by atoms with E-state index in [2.05, 4.69) is 14.9 Å². The van der Waals surface area contributed by atoms with Gasteiger partial charge in [0.15, 0.2) is 0 Å². The highest BCUT2D eigenvalue weighted by molar-refractivity contribution is 7.89. The van der Waals surface area contributed by atoms with E-state index in [1.54, 1.807) is 43.7 Å². The van der Waals surface area contributed by atoms with Gasteiger partial charge in [0.25, 0.3) is 0 Å². The van der Waals surface area contributed by atoms with Crippen molar-refractivity contribution in [3.05, 3.63) is 72.8 Å². The fraction of sp³-hybridized carbons (Fsp3) is 0.385. The molecule has 1 N–H and O–H groups in total. The van der Waals surface area contributed by atoms with Crippen LogP contribution in [-0.2, 0) is 16.6 Å². The topological polar surface area (TPSA) is 95.9 Å². The fourth-order valence-corrected chi connectivity index (χ4v) is 6.17. The second-order valence-electron chi connectivity index (χ2n) is 9.20. The number of nitrogens with zero attached hydrogens (tertiary/aromatic N) is 4. The number of pyridine rings is 2. The predicted octanol–water partition coefficient (Wildman–Crippen LogP) is 3.04. The number of sulfonamides is 1. The average molecular weight is 497 g/mol. The van der Waals surface area contributed by atoms with Crippen molar-refractivity contribution in [2.45, 2.75) is 37.4 Å². The van der Waals surface area contributed by atoms with Gasteiger partial charge in [0.2, 0.25) is 10.0 Å². The van der Waals surface area contributed by atoms with E-state index >= 15 is 0 Å². The number of ether oxygens (including phenoxy) is 1. The minimum Gasteiger partial charge on any atom is -0.487 e. The van der Waals surface area contributed by atoms with Crippen molar-refractivity contribution in [1.29, 1.82) is 0 Å². The molecule has 3 heterocycles. The highest BCUT2D eigenvalue weighted by atomic mass is 32.2. The minimum absolute atomic E-state index is 0.113. The van der Waals surface area contributed by atoms with Crippen molar-refractivity contribution in [3.8, 4) is 16.9 Å². The Morgan fingerprint density at radius 2 is 1.91 bits per heavy atom. The molecule has 2 aromatic heterocycles. The smallest absolute Gasteiger partial charge is 0.247 e. The molecule has 9 heteroatoms. The number of hydrogen-bond acceptors (Lipinski definition) is 7. The van der Waals surface area contributed by atoms with Crippen LogP contribution < -0.4 is 4.74 Å². The lowest BCUT2D eigenvalue weighted by atomic mass is 10.0. The Morgan fingerprint density at radius 3 is 2.60 bits per heavy atom. The van der Waals surface area contributed by atoms with Gasteiger partial charge in [0, 0.05) is 56.4 Å². The van der Waals surface area contributed by atoms with Gasteiger partial charge >= 0.3 is 0 Å². The Labute approximate surface area is 207 Å². The summed E-state index contributed by atoms with van der Waals surface area (Å²) >= 11 is 0. The zero-order valence-corrected chi connectivity index (χ0v) is 21.1. The van der Waals surface area contributed by atoms with Crippen LogP contribution in [0.25, 0.3) is 11.1 Å². The molecule has 1 aliphatic rings. The zero-order chi connectivity index (χ0) is 25.0. The van der Waals surface area contributed by atoms with Crippen molar-refractivity contribution in [3.63, 3.8) is 0 Å². The number of fused-ring (bicyclic) bond motifs is 1. The summed E-state index contributed by atoms with van der Waals surface area (Å²) in [6.45, 7) is 4.99. The van der Waals surface area contributed by atoms with Gasteiger partial charge < -0.3 is 9.84 Å². The van der Waals surface area contributed by atoms with E-state index in [4.69, 9.17) is 4.74 Å². The van der Waals surface area contributed by atoms with Crippen LogP contribution in [0.2, 0.25) is 0 Å². The third-order valence-electron chi connectivity index (χ3n) is 6.35. The van der Waals surface area contributed by atoms with Crippen molar-refractivity contribution in [2.24, 2.45) is 5.92 Å². The molecule has 0 bridgehead atoms. The summed E-state index contributed by atoms with van der Waals surface area (Å²) in [5.74, 6) is 0.202. The molecule has 0 saturated heterocycles. The molecule has 1 aromatic carbocycles. The number of aliphatic hydroxyl groups is 1. The first-order valence-electron chi connectivity index (χ1n) is 11.7. The maximum absolute atomic E-state index is 13.6. The molecule has 35 heavy (non-hydrogen) atoms. The van der Waals surface area contributed by atoms with Gasteiger partial charge in [-0.25, -0.2) is 8.42 Å². The average Bonchev–Trinajstić information content (AvgIpc) is 2.86. The highest BCUT2D eigenvalue weighted by Gasteiger charge is 2.38. The molecule has 0 radical (unpaired) electrons. The molecule has 0 saturated carbocycles. The minimum atomic E-state index is -3.87. The predicted molar refractivity (Wildman–Crippen MR) is 134 cm³/mol. The van der Waals surface area contributed by atoms with Crippen molar-refractivity contribution >= 4 is 10.0 Å². The Morgan fingerprint density at radius 1 is 1.14 bits per heavy atom. The Kier molecular flexibility index (Phi) is 7.81. The van der Waals surface area contributed by atoms with Crippen molar-refractivity contribution in [1.82, 2.24) is 19.2 Å². The maximum Gasteiger partial charge on any atom is 0.247 e. The lowest BCUT2D eigenvalue weighted by Crippen LogP contribution is -2.49. The number of hydrogen-bond donors (Lipinski definition) is 1. The summed E-state index contributed by atoms with van der Waals surface area (Å²) in [5.41, 5.74) is 2.86. The Bertz CT molecular complexity index is 1220. The summed E-state index contributed by atoms with van der Waals surface area (Å²) in [7, 11) is -1.86. The lowest BCUT2D eigenvalue weighted by Gasteiger charge is -2.37. The summed E-state index contributed by atoms with van der Waals surface area (Å²) in [5, 5.41) is 9.83. The van der Waals surface area contributed by atoms with Gasteiger partial charge in [-0.05, 0) is 61.0 Å². The molecule has 0 amide bonds. The standard InChI is InChI=1S/C26H32N4O4S/c1-19-15-30(20(2)18-31)35(32,33)26-7-6-23(22-8-11-27-12-9-22)13-24(26)34-25(19)17-29(3)16-21-5-4-10-28-14-21/h4-14,19-20,25,31H,15-18H2,1-3H3/t19-,20+,25-/m1/s1. The number of rotatable bonds is 7. The molecular formula is C26H32N4O4S. The summed E-state index contributed by atoms with van der Waals surface area (Å²) in [4.78, 5) is 10.5. The van der Waals surface area contributed by atoms with E-state index in [1.807, 2.05) is 44.4 Å². The fourth-order valence-electron chi connectivity index (χ4n) is 4.34. The van der Waals surface area contributed by atoms with Crippen LogP contribution in [0, 0.1) is 5.92 Å². The Hall–Kier alpha value is -2.85. The normalized spacial score (nSPS) is 20.9. The molecule has 0 fully saturated rings. The maximum atomic E-state index is 13.6. The first kappa shape index (κ1) is 25.2. The van der Waals surface area contributed by atoms with Crippen LogP contribution in [0.1, 0.15) is 19.4 Å². The summed E-state index contributed by atoms with van der Waals surface area (Å²) in [6, 6.07) is 12.3. The van der Waals surface area contributed by atoms with E-state index in [0.717, 1.165) is 16.7 Å². The number of aliphatic hydroxyl groups excluding tert-OH is 1. The van der Waals surface area contributed by atoms with Gasteiger partial charge in [0.1, 0.15) is 16.7 Å². The van der Waals surface area contributed by atoms with E-state index in [9.17, 15) is 13.5 Å². The molecule has 8 nitrogen and oxygen atoms in total. The number of likely N-dealkylation sites (N-methyl/N-ethyl adjacent to an activating group) is 1. The van der Waals surface area contributed by atoms with Crippen LogP contribution in [0.4, 0.5) is 0 Å². The van der Waals surface area contributed by atoms with Gasteiger partial charge in [0.05, 0.1) is 6.61 Å². The molecule has 186 valence electrons. The quantitative estimate of drug-likeness (QED) is 0.537. The van der Waals surface area contributed by atoms with Crippen molar-refractivity contribution < 1.29 is 18.3 Å². The SMILES string of the molecule is C[C@@H]1CN([C@@H](C)CO)S(=O)(=O)c2ccc(-c3ccncc3)cc2O[C@@H]1CN(C)Cc1cccnc1. The van der Waals surface area contributed by atoms with Gasteiger partial charge in [-0.1, -0.05) is 19.1 Å². The van der Waals surface area contributed by atoms with Crippen LogP contribution in [0.15, 0.2) is 72.1 Å². The van der Waals surface area contributed by atoms with Crippen molar-refractivity contribution in [2.75, 3.05) is 26.7 Å². The monoisotopic (exact) mass is 496 g/mol. The molecule has 1 aliphatic heterocycles. The van der Waals surface area contributed by atoms with Crippen LogP contribution in [0.5, 0.6) is 5.75 Å². The Balaban J connectivity index is 1.72. The lowest BCUT2D eigenvalue weighted by molar-refractivity contribution is 0.0734. The van der Waals surface area contributed by atoms with E-state index in [1.165, 1.54) is 4.31 Å². The first-order chi connectivity index (χ1) is 16.8. The molecule has 3 aromatic rings. The second kappa shape index (κ2) is 10.8. The van der Waals surface area contributed by atoms with Crippen LogP contribution in [-0.4, -0.2) is 71.6 Å². The van der Waals surface area contributed by atoms with E-state index in [0.29, 0.717) is 18.8 Å². The van der Waals surface area contributed by atoms with Gasteiger partial charge in [-0.3, -0.25) is 14.9 Å². The highest BCUT2D eigenvalue weighted by Crippen LogP contribution is 2.36. The van der Waals surface area contributed by atoms with E-state index in [-0.39, 0.29) is 30.1 Å². The van der Waals surface area contributed by atoms with Gasteiger partial charge in [-0.2, -0.15) is 4.31 Å². The van der Waals surface area contributed by atoms with Gasteiger partial charge in [-0.15, -0.1) is 0 Å². The first-order valence-corrected chi connectivity index (χ1v) is 13.1. The largest absolute Gasteiger partial charge is 0.487 e. The molecule has 4 rings (SSSR count). The molecule has 0 aliphatic carbocycles. The molecule has 0 spiro atoms. The molecule has 3 atom stereocenters. The van der Waals surface area contributed by atoms with E-state index < -0.39 is 16.1 Å². The van der Waals surface area contributed by atoms with Crippen LogP contribution in [0.3, 0.4) is 0 Å². The summed E-state index contributed by atoms with van der Waals surface area (Å²) < 4.78 is 35.2. The number of aromatic nitrogens is 2. The third-order valence-corrected chi connectivity index (χ3v) is 8.37. The number of benzene rings is 1.